The number of benzene rings is 2. The molecule has 188 valence electrons. The van der Waals surface area contributed by atoms with Crippen LogP contribution in [0, 0.1) is 6.92 Å². The molecule has 36 heavy (non-hydrogen) atoms. The number of amides is 1. The van der Waals surface area contributed by atoms with Crippen LogP contribution in [0.4, 0.5) is 0 Å². The summed E-state index contributed by atoms with van der Waals surface area (Å²) >= 11 is 0. The van der Waals surface area contributed by atoms with Gasteiger partial charge < -0.3 is 24.8 Å². The number of rotatable bonds is 12. The van der Waals surface area contributed by atoms with Crippen molar-refractivity contribution in [2.24, 2.45) is 0 Å². The summed E-state index contributed by atoms with van der Waals surface area (Å²) in [5, 5.41) is 4.20. The lowest BCUT2D eigenvalue weighted by atomic mass is 10.0. The van der Waals surface area contributed by atoms with Crippen molar-refractivity contribution in [3.05, 3.63) is 71.8 Å². The summed E-state index contributed by atoms with van der Waals surface area (Å²) in [6.45, 7) is 3.61. The molecule has 0 radical (unpaired) electrons. The Kier molecular flexibility index (Phi) is 8.21. The highest BCUT2D eigenvalue weighted by molar-refractivity contribution is 5.91. The molecule has 0 bridgehead atoms. The lowest BCUT2D eigenvalue weighted by molar-refractivity contribution is -0.121. The van der Waals surface area contributed by atoms with Gasteiger partial charge in [-0.05, 0) is 56.0 Å². The quantitative estimate of drug-likeness (QED) is 0.220. The van der Waals surface area contributed by atoms with Gasteiger partial charge in [-0.2, -0.15) is 0 Å². The van der Waals surface area contributed by atoms with Crippen molar-refractivity contribution < 1.29 is 14.3 Å². The number of hydrogen-bond acceptors (Lipinski definition) is 4. The van der Waals surface area contributed by atoms with Crippen LogP contribution >= 0.6 is 0 Å². The molecule has 2 aromatic carbocycles. The first-order valence-electron chi connectivity index (χ1n) is 12.5. The van der Waals surface area contributed by atoms with E-state index in [0.717, 1.165) is 70.7 Å². The molecule has 0 aliphatic carbocycles. The van der Waals surface area contributed by atoms with Crippen molar-refractivity contribution in [3.63, 3.8) is 0 Å². The standard InChI is InChI=1S/C29H34N4O3/c1-19(34)10-6-4-9-13-26(29-30-18-27(33-29)21-11-7-5-8-12-21)32-28(35)17-23-20(2)31-25-15-14-22(36-3)16-24(23)25/h5,7-8,11-12,14-16,18,26,31H,4,6,9-10,13,17H2,1-3H3,(H,30,33)(H,32,35). The Morgan fingerprint density at radius 3 is 2.61 bits per heavy atom. The van der Waals surface area contributed by atoms with Crippen molar-refractivity contribution in [2.45, 2.75) is 58.4 Å². The minimum absolute atomic E-state index is 0.0618. The number of unbranched alkanes of at least 4 members (excludes halogenated alkanes) is 2. The van der Waals surface area contributed by atoms with Gasteiger partial charge in [0.15, 0.2) is 0 Å². The topological polar surface area (TPSA) is 99.9 Å². The third-order valence-corrected chi connectivity index (χ3v) is 6.53. The fourth-order valence-corrected chi connectivity index (χ4v) is 4.58. The molecule has 0 aliphatic rings. The maximum Gasteiger partial charge on any atom is 0.225 e. The summed E-state index contributed by atoms with van der Waals surface area (Å²) in [7, 11) is 1.64. The zero-order valence-electron chi connectivity index (χ0n) is 21.2. The lowest BCUT2D eigenvalue weighted by Crippen LogP contribution is -2.30. The number of ketones is 1. The second-order valence-corrected chi connectivity index (χ2v) is 9.29. The molecule has 1 atom stereocenters. The fraction of sp³-hybridized carbons (Fsp3) is 0.345. The summed E-state index contributed by atoms with van der Waals surface area (Å²) in [6, 6.07) is 15.6. The summed E-state index contributed by atoms with van der Waals surface area (Å²) in [6.07, 6.45) is 6.09. The van der Waals surface area contributed by atoms with E-state index in [-0.39, 0.29) is 24.2 Å². The number of aromatic amines is 2. The predicted molar refractivity (Wildman–Crippen MR) is 142 cm³/mol. The number of nitrogens with one attached hydrogen (secondary N) is 3. The molecular weight excluding hydrogens is 452 g/mol. The number of nitrogens with zero attached hydrogens (tertiary/aromatic N) is 1. The average molecular weight is 487 g/mol. The lowest BCUT2D eigenvalue weighted by Gasteiger charge is -2.17. The highest BCUT2D eigenvalue weighted by Crippen LogP contribution is 2.28. The van der Waals surface area contributed by atoms with Gasteiger partial charge in [0.05, 0.1) is 31.5 Å². The van der Waals surface area contributed by atoms with Gasteiger partial charge in [-0.25, -0.2) is 4.98 Å². The molecule has 2 heterocycles. The third kappa shape index (κ3) is 6.22. The number of fused-ring (bicyclic) bond motifs is 1. The molecular formula is C29H34N4O3. The van der Waals surface area contributed by atoms with E-state index in [9.17, 15) is 9.59 Å². The summed E-state index contributed by atoms with van der Waals surface area (Å²) < 4.78 is 5.38. The first-order valence-corrected chi connectivity index (χ1v) is 12.5. The minimum atomic E-state index is -0.243. The van der Waals surface area contributed by atoms with Crippen molar-refractivity contribution in [2.75, 3.05) is 7.11 Å². The van der Waals surface area contributed by atoms with Gasteiger partial charge in [-0.15, -0.1) is 0 Å². The molecule has 0 saturated carbocycles. The van der Waals surface area contributed by atoms with Crippen LogP contribution in [0.3, 0.4) is 0 Å². The second-order valence-electron chi connectivity index (χ2n) is 9.29. The van der Waals surface area contributed by atoms with Crippen LogP contribution in [0.1, 0.15) is 62.2 Å². The van der Waals surface area contributed by atoms with Crippen molar-refractivity contribution in [1.29, 1.82) is 0 Å². The number of carbonyl (C=O) groups excluding carboxylic acids is 2. The molecule has 2 aromatic heterocycles. The van der Waals surface area contributed by atoms with Crippen LogP contribution in [0.2, 0.25) is 0 Å². The first kappa shape index (κ1) is 25.2. The van der Waals surface area contributed by atoms with E-state index in [4.69, 9.17) is 4.74 Å². The molecule has 1 amide bonds. The third-order valence-electron chi connectivity index (χ3n) is 6.53. The van der Waals surface area contributed by atoms with E-state index in [1.165, 1.54) is 0 Å². The van der Waals surface area contributed by atoms with E-state index in [0.29, 0.717) is 6.42 Å². The Balaban J connectivity index is 1.50. The monoisotopic (exact) mass is 486 g/mol. The number of aromatic nitrogens is 3. The van der Waals surface area contributed by atoms with Gasteiger partial charge in [-0.1, -0.05) is 43.2 Å². The number of carbonyl (C=O) groups is 2. The maximum atomic E-state index is 13.3. The zero-order valence-corrected chi connectivity index (χ0v) is 21.2. The Hall–Kier alpha value is -3.87. The molecule has 0 saturated heterocycles. The van der Waals surface area contributed by atoms with Crippen LogP contribution in [-0.2, 0) is 16.0 Å². The van der Waals surface area contributed by atoms with Gasteiger partial charge in [0, 0.05) is 23.0 Å². The highest BCUT2D eigenvalue weighted by Gasteiger charge is 2.20. The number of H-pyrrole nitrogens is 2. The van der Waals surface area contributed by atoms with Gasteiger partial charge in [0.1, 0.15) is 17.4 Å². The molecule has 7 nitrogen and oxygen atoms in total. The van der Waals surface area contributed by atoms with Gasteiger partial charge in [-0.3, -0.25) is 4.79 Å². The molecule has 4 rings (SSSR count). The Morgan fingerprint density at radius 1 is 1.06 bits per heavy atom. The molecule has 0 fully saturated rings. The Labute approximate surface area is 211 Å². The normalized spacial score (nSPS) is 12.0. The van der Waals surface area contributed by atoms with E-state index in [1.807, 2.05) is 61.7 Å². The molecule has 4 aromatic rings. The molecule has 3 N–H and O–H groups in total. The molecule has 0 spiro atoms. The number of hydrogen-bond donors (Lipinski definition) is 3. The second kappa shape index (κ2) is 11.7. The van der Waals surface area contributed by atoms with Crippen LogP contribution in [0.15, 0.2) is 54.7 Å². The van der Waals surface area contributed by atoms with Crippen LogP contribution in [-0.4, -0.2) is 33.8 Å². The SMILES string of the molecule is COc1ccc2[nH]c(C)c(CC(=O)NC(CCCCCC(C)=O)c3ncc(-c4ccccc4)[nH]3)c2c1. The van der Waals surface area contributed by atoms with E-state index in [2.05, 4.69) is 20.3 Å². The predicted octanol–water partition coefficient (Wildman–Crippen LogP) is 5.81. The van der Waals surface area contributed by atoms with Gasteiger partial charge >= 0.3 is 0 Å². The first-order chi connectivity index (χ1) is 17.4. The molecule has 1 unspecified atom stereocenters. The molecule has 7 heteroatoms. The zero-order chi connectivity index (χ0) is 25.5. The number of ether oxygens (including phenoxy) is 1. The Bertz CT molecular complexity index is 1320. The van der Waals surface area contributed by atoms with Gasteiger partial charge in [0.2, 0.25) is 5.91 Å². The van der Waals surface area contributed by atoms with Crippen molar-refractivity contribution in [1.82, 2.24) is 20.3 Å². The number of methoxy groups -OCH3 is 1. The van der Waals surface area contributed by atoms with Crippen molar-refractivity contribution >= 4 is 22.6 Å². The van der Waals surface area contributed by atoms with Gasteiger partial charge in [0.25, 0.3) is 0 Å². The smallest absolute Gasteiger partial charge is 0.225 e. The van der Waals surface area contributed by atoms with E-state index < -0.39 is 0 Å². The summed E-state index contributed by atoms with van der Waals surface area (Å²) in [5.74, 6) is 1.65. The largest absolute Gasteiger partial charge is 0.497 e. The fourth-order valence-electron chi connectivity index (χ4n) is 4.58. The van der Waals surface area contributed by atoms with Crippen LogP contribution in [0.25, 0.3) is 22.2 Å². The summed E-state index contributed by atoms with van der Waals surface area (Å²) in [4.78, 5) is 35.9. The van der Waals surface area contributed by atoms with Crippen molar-refractivity contribution in [3.8, 4) is 17.0 Å². The van der Waals surface area contributed by atoms with Crippen LogP contribution < -0.4 is 10.1 Å². The number of aryl methyl sites for hydroxylation is 1. The number of Topliss-reactive ketones (excluding diaryl/α,β-unsaturated/α-hetero) is 1. The average Bonchev–Trinajstić information content (AvgIpc) is 3.48. The number of imidazole rings is 1. The summed E-state index contributed by atoms with van der Waals surface area (Å²) in [5.41, 5.74) is 4.88. The van der Waals surface area contributed by atoms with Crippen LogP contribution in [0.5, 0.6) is 5.75 Å². The van der Waals surface area contributed by atoms with E-state index in [1.54, 1.807) is 14.0 Å². The Morgan fingerprint density at radius 2 is 1.86 bits per heavy atom. The molecule has 0 aliphatic heterocycles. The van der Waals surface area contributed by atoms with E-state index >= 15 is 0 Å². The maximum absolute atomic E-state index is 13.3. The highest BCUT2D eigenvalue weighted by atomic mass is 16.5. The minimum Gasteiger partial charge on any atom is -0.497 e.